The normalized spacial score (nSPS) is 17.0. The Balaban J connectivity index is 1.38. The molecule has 3 aromatic rings. The molecule has 0 aliphatic heterocycles. The van der Waals surface area contributed by atoms with Crippen molar-refractivity contribution in [1.29, 1.82) is 0 Å². The fourth-order valence-corrected chi connectivity index (χ4v) is 3.87. The number of urea groups is 1. The highest BCUT2D eigenvalue weighted by atomic mass is 16.3. The lowest BCUT2D eigenvalue weighted by atomic mass is 9.93. The van der Waals surface area contributed by atoms with Gasteiger partial charge in [0.2, 0.25) is 0 Å². The lowest BCUT2D eigenvalue weighted by molar-refractivity contribution is 0.232. The van der Waals surface area contributed by atoms with Gasteiger partial charge in [-0.2, -0.15) is 5.10 Å². The van der Waals surface area contributed by atoms with E-state index in [0.717, 1.165) is 37.1 Å². The second-order valence-electron chi connectivity index (χ2n) is 7.44. The topological polar surface area (TPSA) is 72.1 Å². The molecule has 0 radical (unpaired) electrons. The second kappa shape index (κ2) is 8.33. The Kier molecular flexibility index (Phi) is 5.46. The molecule has 2 amide bonds. The van der Waals surface area contributed by atoms with Crippen LogP contribution in [0, 0.1) is 0 Å². The summed E-state index contributed by atoms with van der Waals surface area (Å²) in [4.78, 5) is 12.5. The van der Waals surface area contributed by atoms with Gasteiger partial charge in [0, 0.05) is 23.7 Å². The first-order valence-electron chi connectivity index (χ1n) is 9.87. The number of rotatable bonds is 6. The van der Waals surface area contributed by atoms with Crippen LogP contribution in [-0.4, -0.2) is 21.9 Å². The lowest BCUT2D eigenvalue weighted by Gasteiger charge is -2.25. The monoisotopic (exact) mass is 378 g/mol. The van der Waals surface area contributed by atoms with Gasteiger partial charge in [0.15, 0.2) is 0 Å². The summed E-state index contributed by atoms with van der Waals surface area (Å²) in [5, 5.41) is 10.7. The summed E-state index contributed by atoms with van der Waals surface area (Å²) in [6.07, 6.45) is 7.21. The number of furan rings is 1. The molecule has 0 saturated carbocycles. The van der Waals surface area contributed by atoms with Gasteiger partial charge < -0.3 is 15.1 Å². The molecule has 146 valence electrons. The van der Waals surface area contributed by atoms with Crippen LogP contribution in [0.2, 0.25) is 0 Å². The fraction of sp³-hybridized carbons (Fsp3) is 0.364. The minimum atomic E-state index is -0.146. The lowest BCUT2D eigenvalue weighted by Crippen LogP contribution is -2.43. The third-order valence-corrected chi connectivity index (χ3v) is 5.21. The van der Waals surface area contributed by atoms with Gasteiger partial charge in [0.05, 0.1) is 25.0 Å². The Morgan fingerprint density at radius 2 is 2.14 bits per heavy atom. The van der Waals surface area contributed by atoms with Gasteiger partial charge in [-0.25, -0.2) is 4.79 Å². The van der Waals surface area contributed by atoms with E-state index >= 15 is 0 Å². The first-order valence-corrected chi connectivity index (χ1v) is 9.87. The maximum absolute atomic E-state index is 12.5. The van der Waals surface area contributed by atoms with Crippen LogP contribution >= 0.6 is 0 Å². The summed E-state index contributed by atoms with van der Waals surface area (Å²) in [6, 6.07) is 14.0. The molecule has 1 aliphatic carbocycles. The summed E-state index contributed by atoms with van der Waals surface area (Å²) in [5.74, 6) is 0.870. The van der Waals surface area contributed by atoms with Crippen molar-refractivity contribution in [3.05, 3.63) is 77.5 Å². The first kappa shape index (κ1) is 18.3. The number of carbonyl (C=O) groups is 1. The molecule has 2 N–H and O–H groups in total. The fourth-order valence-electron chi connectivity index (χ4n) is 3.87. The van der Waals surface area contributed by atoms with Crippen LogP contribution in [0.25, 0.3) is 0 Å². The molecule has 2 heterocycles. The first-order chi connectivity index (χ1) is 13.7. The molecule has 1 aromatic carbocycles. The third-order valence-electron chi connectivity index (χ3n) is 5.21. The van der Waals surface area contributed by atoms with Gasteiger partial charge in [-0.3, -0.25) is 4.68 Å². The standard InChI is InChI=1S/C22H26N4O2/c1-16(13-18-9-6-12-28-18)24-22(27)25-20-10-5-11-21-19(20)14-23-26(21)15-17-7-3-2-4-8-17/h2-4,6-9,12,14,16,20H,5,10-11,13,15H2,1H3,(H2,24,25,27). The Labute approximate surface area is 164 Å². The average Bonchev–Trinajstić information content (AvgIpc) is 3.33. The van der Waals surface area contributed by atoms with Crippen LogP contribution < -0.4 is 10.6 Å². The number of hydrogen-bond donors (Lipinski definition) is 2. The number of carbonyl (C=O) groups excluding carboxylic acids is 1. The van der Waals surface area contributed by atoms with E-state index in [1.165, 1.54) is 11.3 Å². The van der Waals surface area contributed by atoms with Crippen LogP contribution in [0.3, 0.4) is 0 Å². The van der Waals surface area contributed by atoms with E-state index in [-0.39, 0.29) is 18.1 Å². The Morgan fingerprint density at radius 1 is 1.29 bits per heavy atom. The molecule has 28 heavy (non-hydrogen) atoms. The summed E-state index contributed by atoms with van der Waals surface area (Å²) >= 11 is 0. The molecule has 2 aromatic heterocycles. The maximum Gasteiger partial charge on any atom is 0.315 e. The molecule has 2 atom stereocenters. The smallest absolute Gasteiger partial charge is 0.315 e. The van der Waals surface area contributed by atoms with E-state index in [9.17, 15) is 4.79 Å². The predicted molar refractivity (Wildman–Crippen MR) is 107 cm³/mol. The van der Waals surface area contributed by atoms with Crippen molar-refractivity contribution in [1.82, 2.24) is 20.4 Å². The van der Waals surface area contributed by atoms with Gasteiger partial charge in [-0.1, -0.05) is 30.3 Å². The number of amides is 2. The molecular weight excluding hydrogens is 352 g/mol. The van der Waals surface area contributed by atoms with Crippen molar-refractivity contribution in [3.63, 3.8) is 0 Å². The summed E-state index contributed by atoms with van der Waals surface area (Å²) < 4.78 is 7.42. The van der Waals surface area contributed by atoms with Crippen LogP contribution in [0.1, 0.15) is 48.4 Å². The third kappa shape index (κ3) is 4.27. The molecule has 0 fully saturated rings. The van der Waals surface area contributed by atoms with Crippen molar-refractivity contribution in [2.75, 3.05) is 0 Å². The zero-order chi connectivity index (χ0) is 19.3. The molecule has 4 rings (SSSR count). The van der Waals surface area contributed by atoms with Crippen molar-refractivity contribution >= 4 is 6.03 Å². The van der Waals surface area contributed by atoms with Gasteiger partial charge in [0.25, 0.3) is 0 Å². The number of hydrogen-bond acceptors (Lipinski definition) is 3. The molecule has 0 spiro atoms. The van der Waals surface area contributed by atoms with E-state index in [4.69, 9.17) is 4.42 Å². The minimum absolute atomic E-state index is 0.00378. The van der Waals surface area contributed by atoms with Crippen molar-refractivity contribution in [3.8, 4) is 0 Å². The second-order valence-corrected chi connectivity index (χ2v) is 7.44. The van der Waals surface area contributed by atoms with Gasteiger partial charge in [-0.05, 0) is 43.9 Å². The zero-order valence-electron chi connectivity index (χ0n) is 16.1. The molecule has 1 aliphatic rings. The van der Waals surface area contributed by atoms with Gasteiger partial charge in [-0.15, -0.1) is 0 Å². The Bertz CT molecular complexity index is 902. The van der Waals surface area contributed by atoms with Crippen LogP contribution in [0.5, 0.6) is 0 Å². The number of nitrogens with one attached hydrogen (secondary N) is 2. The van der Waals surface area contributed by atoms with Crippen LogP contribution in [-0.2, 0) is 19.4 Å². The summed E-state index contributed by atoms with van der Waals surface area (Å²) in [5.41, 5.74) is 3.59. The number of aromatic nitrogens is 2. The quantitative estimate of drug-likeness (QED) is 0.685. The SMILES string of the molecule is CC(Cc1ccco1)NC(=O)NC1CCCc2c1cnn2Cc1ccccc1. The number of benzene rings is 1. The maximum atomic E-state index is 12.5. The highest BCUT2D eigenvalue weighted by Gasteiger charge is 2.26. The van der Waals surface area contributed by atoms with Gasteiger partial charge >= 0.3 is 6.03 Å². The van der Waals surface area contributed by atoms with E-state index in [2.05, 4.69) is 32.5 Å². The highest BCUT2D eigenvalue weighted by molar-refractivity contribution is 5.74. The van der Waals surface area contributed by atoms with Crippen molar-refractivity contribution in [2.45, 2.75) is 51.2 Å². The molecule has 2 unspecified atom stereocenters. The van der Waals surface area contributed by atoms with Crippen molar-refractivity contribution < 1.29 is 9.21 Å². The molecule has 6 heteroatoms. The van der Waals surface area contributed by atoms with E-state index in [1.807, 2.05) is 43.5 Å². The van der Waals surface area contributed by atoms with E-state index < -0.39 is 0 Å². The van der Waals surface area contributed by atoms with E-state index in [0.29, 0.717) is 6.42 Å². The molecular formula is C22H26N4O2. The molecule has 0 bridgehead atoms. The minimum Gasteiger partial charge on any atom is -0.469 e. The largest absolute Gasteiger partial charge is 0.469 e. The molecule has 0 saturated heterocycles. The van der Waals surface area contributed by atoms with Gasteiger partial charge in [0.1, 0.15) is 5.76 Å². The Hall–Kier alpha value is -3.02. The zero-order valence-corrected chi connectivity index (χ0v) is 16.1. The Morgan fingerprint density at radius 3 is 2.93 bits per heavy atom. The van der Waals surface area contributed by atoms with Crippen LogP contribution in [0.15, 0.2) is 59.3 Å². The predicted octanol–water partition coefficient (Wildman–Crippen LogP) is 3.83. The highest BCUT2D eigenvalue weighted by Crippen LogP contribution is 2.29. The van der Waals surface area contributed by atoms with Crippen LogP contribution in [0.4, 0.5) is 4.79 Å². The van der Waals surface area contributed by atoms with E-state index in [1.54, 1.807) is 6.26 Å². The summed E-state index contributed by atoms with van der Waals surface area (Å²) in [7, 11) is 0. The number of nitrogens with zero attached hydrogens (tertiary/aromatic N) is 2. The summed E-state index contributed by atoms with van der Waals surface area (Å²) in [6.45, 7) is 2.74. The van der Waals surface area contributed by atoms with Crippen molar-refractivity contribution in [2.24, 2.45) is 0 Å². The average molecular weight is 378 g/mol. The molecule has 6 nitrogen and oxygen atoms in total. The number of fused-ring (bicyclic) bond motifs is 1.